The molecule has 23 heavy (non-hydrogen) atoms. The van der Waals surface area contributed by atoms with Crippen molar-refractivity contribution in [2.75, 3.05) is 19.7 Å². The van der Waals surface area contributed by atoms with E-state index in [-0.39, 0.29) is 23.3 Å². The molecular weight excluding hydrogens is 294 g/mol. The van der Waals surface area contributed by atoms with Crippen molar-refractivity contribution < 1.29 is 14.1 Å². The monoisotopic (exact) mass is 321 g/mol. The zero-order chi connectivity index (χ0) is 16.4. The van der Waals surface area contributed by atoms with Gasteiger partial charge in [0.25, 0.3) is 0 Å². The maximum absolute atomic E-state index is 12.5. The molecule has 2 aliphatic heterocycles. The molecule has 128 valence electrons. The van der Waals surface area contributed by atoms with Gasteiger partial charge in [0.2, 0.25) is 17.6 Å². The molecule has 2 fully saturated rings. The fraction of sp³-hybridized carbons (Fsp3) is 0.824. The van der Waals surface area contributed by atoms with E-state index in [0.29, 0.717) is 18.3 Å². The van der Waals surface area contributed by atoms with Crippen molar-refractivity contribution >= 4 is 5.91 Å². The molecule has 3 heterocycles. The van der Waals surface area contributed by atoms with E-state index in [9.17, 15) is 4.79 Å². The lowest BCUT2D eigenvalue weighted by Crippen LogP contribution is -2.44. The second-order valence-electron chi connectivity index (χ2n) is 7.69. The highest BCUT2D eigenvalue weighted by molar-refractivity contribution is 5.81. The van der Waals surface area contributed by atoms with Crippen molar-refractivity contribution in [1.82, 2.24) is 15.0 Å². The molecule has 0 spiro atoms. The average Bonchev–Trinajstić information content (AvgIpc) is 3.04. The van der Waals surface area contributed by atoms with Crippen LogP contribution in [0.4, 0.5) is 0 Å². The summed E-state index contributed by atoms with van der Waals surface area (Å²) in [5, 5.41) is 4.12. The quantitative estimate of drug-likeness (QED) is 0.837. The Morgan fingerprint density at radius 1 is 1.22 bits per heavy atom. The lowest BCUT2D eigenvalue weighted by Gasteiger charge is -2.35. The molecule has 2 unspecified atom stereocenters. The van der Waals surface area contributed by atoms with Gasteiger partial charge in [0.15, 0.2) is 0 Å². The Hall–Kier alpha value is -1.43. The second kappa shape index (κ2) is 6.59. The number of nitrogens with zero attached hydrogens (tertiary/aromatic N) is 3. The molecule has 1 aromatic heterocycles. The number of carbonyl (C=O) groups is 1. The van der Waals surface area contributed by atoms with E-state index >= 15 is 0 Å². The van der Waals surface area contributed by atoms with Crippen molar-refractivity contribution in [3.63, 3.8) is 0 Å². The summed E-state index contributed by atoms with van der Waals surface area (Å²) in [5.74, 6) is 1.65. The fourth-order valence-corrected chi connectivity index (χ4v) is 3.33. The minimum absolute atomic E-state index is 0.0304. The summed E-state index contributed by atoms with van der Waals surface area (Å²) in [4.78, 5) is 19.0. The summed E-state index contributed by atoms with van der Waals surface area (Å²) in [5.41, 5.74) is -0.349. The highest BCUT2D eigenvalue weighted by Crippen LogP contribution is 2.31. The maximum Gasteiger partial charge on any atom is 0.231 e. The molecule has 1 aromatic rings. The predicted octanol–water partition coefficient (Wildman–Crippen LogP) is 3.06. The summed E-state index contributed by atoms with van der Waals surface area (Å²) in [6.45, 7) is 8.15. The third-order valence-electron chi connectivity index (χ3n) is 4.62. The van der Waals surface area contributed by atoms with Crippen molar-refractivity contribution in [3.8, 4) is 0 Å². The molecule has 2 atom stereocenters. The highest BCUT2D eigenvalue weighted by Gasteiger charge is 2.34. The number of piperidine rings is 1. The number of hydrogen-bond acceptors (Lipinski definition) is 5. The van der Waals surface area contributed by atoms with Gasteiger partial charge >= 0.3 is 0 Å². The van der Waals surface area contributed by atoms with Gasteiger partial charge in [-0.25, -0.2) is 0 Å². The third kappa shape index (κ3) is 3.74. The van der Waals surface area contributed by atoms with Crippen LogP contribution in [0.2, 0.25) is 0 Å². The predicted molar refractivity (Wildman–Crippen MR) is 84.9 cm³/mol. The third-order valence-corrected chi connectivity index (χ3v) is 4.62. The van der Waals surface area contributed by atoms with E-state index in [4.69, 9.17) is 9.26 Å². The molecule has 0 saturated carbocycles. The minimum Gasteiger partial charge on any atom is -0.370 e. The molecule has 0 aromatic carbocycles. The standard InChI is InChI=1S/C17H27N3O3/c1-17(2,3)16(21)20-9-6-7-12(11-20)15-18-14(19-23-15)13-8-4-5-10-22-13/h12-13H,4-11H2,1-3H3. The van der Waals surface area contributed by atoms with Crippen molar-refractivity contribution in [3.05, 3.63) is 11.7 Å². The van der Waals surface area contributed by atoms with Crippen molar-refractivity contribution in [2.24, 2.45) is 5.41 Å². The van der Waals surface area contributed by atoms with E-state index in [1.165, 1.54) is 0 Å². The Labute approximate surface area is 137 Å². The Morgan fingerprint density at radius 3 is 2.74 bits per heavy atom. The summed E-state index contributed by atoms with van der Waals surface area (Å²) in [6, 6.07) is 0. The number of ether oxygens (including phenoxy) is 1. The van der Waals surface area contributed by atoms with Crippen LogP contribution in [0.1, 0.15) is 76.6 Å². The van der Waals surface area contributed by atoms with Crippen LogP contribution < -0.4 is 0 Å². The molecule has 2 saturated heterocycles. The van der Waals surface area contributed by atoms with Crippen molar-refractivity contribution in [2.45, 2.75) is 64.9 Å². The Bertz CT molecular complexity index is 544. The van der Waals surface area contributed by atoms with Gasteiger partial charge in [0.05, 0.1) is 5.92 Å². The number of rotatable bonds is 2. The normalized spacial score (nSPS) is 26.3. The van der Waals surface area contributed by atoms with Gasteiger partial charge in [-0.2, -0.15) is 4.98 Å². The van der Waals surface area contributed by atoms with E-state index in [1.807, 2.05) is 25.7 Å². The molecule has 2 aliphatic rings. The smallest absolute Gasteiger partial charge is 0.231 e. The van der Waals surface area contributed by atoms with Crippen LogP contribution in [-0.2, 0) is 9.53 Å². The minimum atomic E-state index is -0.349. The van der Waals surface area contributed by atoms with Crippen LogP contribution in [0.15, 0.2) is 4.52 Å². The Kier molecular flexibility index (Phi) is 4.71. The molecule has 3 rings (SSSR count). The zero-order valence-corrected chi connectivity index (χ0v) is 14.4. The molecule has 0 bridgehead atoms. The number of aromatic nitrogens is 2. The van der Waals surface area contributed by atoms with E-state index in [0.717, 1.165) is 45.3 Å². The summed E-state index contributed by atoms with van der Waals surface area (Å²) < 4.78 is 11.2. The zero-order valence-electron chi connectivity index (χ0n) is 14.4. The van der Waals surface area contributed by atoms with Crippen LogP contribution in [0.25, 0.3) is 0 Å². The molecule has 1 amide bonds. The molecule has 0 N–H and O–H groups in total. The molecule has 0 aliphatic carbocycles. The van der Waals surface area contributed by atoms with Gasteiger partial charge in [-0.3, -0.25) is 4.79 Å². The maximum atomic E-state index is 12.5. The lowest BCUT2D eigenvalue weighted by molar-refractivity contribution is -0.140. The van der Waals surface area contributed by atoms with Gasteiger partial charge in [-0.15, -0.1) is 0 Å². The van der Waals surface area contributed by atoms with Gasteiger partial charge in [-0.05, 0) is 32.1 Å². The van der Waals surface area contributed by atoms with E-state index < -0.39 is 0 Å². The second-order valence-corrected chi connectivity index (χ2v) is 7.69. The van der Waals surface area contributed by atoms with Gasteiger partial charge in [0.1, 0.15) is 6.10 Å². The van der Waals surface area contributed by atoms with Crippen LogP contribution in [0, 0.1) is 5.41 Å². The molecule has 6 heteroatoms. The first-order valence-corrected chi connectivity index (χ1v) is 8.69. The van der Waals surface area contributed by atoms with Crippen LogP contribution >= 0.6 is 0 Å². The van der Waals surface area contributed by atoms with E-state index in [1.54, 1.807) is 0 Å². The summed E-state index contributed by atoms with van der Waals surface area (Å²) >= 11 is 0. The Balaban J connectivity index is 1.67. The molecular formula is C17H27N3O3. The first kappa shape index (κ1) is 16.4. The number of amides is 1. The van der Waals surface area contributed by atoms with Crippen LogP contribution in [-0.4, -0.2) is 40.6 Å². The largest absolute Gasteiger partial charge is 0.370 e. The molecule has 6 nitrogen and oxygen atoms in total. The average molecular weight is 321 g/mol. The summed E-state index contributed by atoms with van der Waals surface area (Å²) in [7, 11) is 0. The van der Waals surface area contributed by atoms with Crippen LogP contribution in [0.5, 0.6) is 0 Å². The number of carbonyl (C=O) groups excluding carboxylic acids is 1. The first-order chi connectivity index (χ1) is 10.9. The summed E-state index contributed by atoms with van der Waals surface area (Å²) in [6.07, 6.45) is 5.14. The first-order valence-electron chi connectivity index (χ1n) is 8.69. The van der Waals surface area contributed by atoms with Crippen molar-refractivity contribution in [1.29, 1.82) is 0 Å². The Morgan fingerprint density at radius 2 is 2.04 bits per heavy atom. The fourth-order valence-electron chi connectivity index (χ4n) is 3.33. The molecule has 0 radical (unpaired) electrons. The van der Waals surface area contributed by atoms with Gasteiger partial charge in [0, 0.05) is 25.1 Å². The number of likely N-dealkylation sites (tertiary alicyclic amines) is 1. The van der Waals surface area contributed by atoms with Gasteiger partial charge in [-0.1, -0.05) is 25.9 Å². The van der Waals surface area contributed by atoms with E-state index in [2.05, 4.69) is 10.1 Å². The lowest BCUT2D eigenvalue weighted by atomic mass is 9.91. The number of hydrogen-bond donors (Lipinski definition) is 0. The highest BCUT2D eigenvalue weighted by atomic mass is 16.5. The van der Waals surface area contributed by atoms with Gasteiger partial charge < -0.3 is 14.2 Å². The van der Waals surface area contributed by atoms with Crippen LogP contribution in [0.3, 0.4) is 0 Å². The SMILES string of the molecule is CC(C)(C)C(=O)N1CCCC(c2nc(C3CCCCO3)no2)C1. The topological polar surface area (TPSA) is 68.5 Å².